The normalized spacial score (nSPS) is 17.7. The maximum atomic E-state index is 13.3. The SMILES string of the molecule is Cn1c(=O)n(CC(=O)N(c2ccccc2)C2CCS(=O)(=O)C2)c(=O)c2ccc(C(F)(F)F)nc21. The Hall–Kier alpha value is -3.48. The van der Waals surface area contributed by atoms with Crippen molar-refractivity contribution in [2.75, 3.05) is 16.4 Å². The molecule has 2 aromatic heterocycles. The third kappa shape index (κ3) is 4.34. The van der Waals surface area contributed by atoms with Crippen molar-refractivity contribution in [3.8, 4) is 0 Å². The van der Waals surface area contributed by atoms with Crippen molar-refractivity contribution < 1.29 is 26.4 Å². The molecule has 1 aliphatic rings. The second-order valence-corrected chi connectivity index (χ2v) is 10.2. The van der Waals surface area contributed by atoms with Gasteiger partial charge in [-0.05, 0) is 30.7 Å². The first-order chi connectivity index (χ1) is 15.9. The first-order valence-electron chi connectivity index (χ1n) is 10.1. The molecule has 1 amide bonds. The number of hydrogen-bond donors (Lipinski definition) is 0. The molecule has 1 saturated heterocycles. The van der Waals surface area contributed by atoms with Gasteiger partial charge in [-0.15, -0.1) is 0 Å². The summed E-state index contributed by atoms with van der Waals surface area (Å²) in [6.45, 7) is -0.728. The van der Waals surface area contributed by atoms with Crippen molar-refractivity contribution in [1.82, 2.24) is 14.1 Å². The van der Waals surface area contributed by atoms with Crippen LogP contribution in [0.5, 0.6) is 0 Å². The van der Waals surface area contributed by atoms with E-state index in [2.05, 4.69) is 4.98 Å². The molecule has 0 N–H and O–H groups in total. The Morgan fingerprint density at radius 2 is 1.82 bits per heavy atom. The first kappa shape index (κ1) is 23.7. The van der Waals surface area contributed by atoms with Gasteiger partial charge in [-0.2, -0.15) is 13.2 Å². The number of rotatable bonds is 4. The number of aromatic nitrogens is 3. The van der Waals surface area contributed by atoms with Crippen molar-refractivity contribution in [2.24, 2.45) is 7.05 Å². The van der Waals surface area contributed by atoms with E-state index in [1.54, 1.807) is 30.3 Å². The number of aryl methyl sites for hydroxylation is 1. The van der Waals surface area contributed by atoms with Crippen LogP contribution in [-0.2, 0) is 34.4 Å². The summed E-state index contributed by atoms with van der Waals surface area (Å²) >= 11 is 0. The lowest BCUT2D eigenvalue weighted by Crippen LogP contribution is -2.48. The molecule has 0 aliphatic carbocycles. The molecule has 0 bridgehead atoms. The Kier molecular flexibility index (Phi) is 5.84. The topological polar surface area (TPSA) is 111 Å². The molecule has 3 heterocycles. The molecule has 0 saturated carbocycles. The fourth-order valence-electron chi connectivity index (χ4n) is 4.01. The lowest BCUT2D eigenvalue weighted by molar-refractivity contribution is -0.141. The van der Waals surface area contributed by atoms with E-state index in [9.17, 15) is 36.0 Å². The molecule has 34 heavy (non-hydrogen) atoms. The summed E-state index contributed by atoms with van der Waals surface area (Å²) in [5.74, 6) is -1.06. The lowest BCUT2D eigenvalue weighted by Gasteiger charge is -2.28. The molecule has 1 fully saturated rings. The van der Waals surface area contributed by atoms with Crippen LogP contribution in [0.1, 0.15) is 12.1 Å². The molecular weight excluding hydrogens is 477 g/mol. The fraction of sp³-hybridized carbons (Fsp3) is 0.333. The average molecular weight is 496 g/mol. The van der Waals surface area contributed by atoms with E-state index in [1.165, 1.54) is 4.90 Å². The fourth-order valence-corrected chi connectivity index (χ4v) is 5.71. The molecule has 0 spiro atoms. The third-order valence-electron chi connectivity index (χ3n) is 5.65. The minimum atomic E-state index is -4.77. The maximum absolute atomic E-state index is 13.3. The van der Waals surface area contributed by atoms with E-state index < -0.39 is 57.1 Å². The van der Waals surface area contributed by atoms with Crippen LogP contribution in [0, 0.1) is 0 Å². The number of benzene rings is 1. The van der Waals surface area contributed by atoms with Crippen LogP contribution in [0.2, 0.25) is 0 Å². The number of amides is 1. The number of alkyl halides is 3. The number of para-hydroxylation sites is 1. The Balaban J connectivity index is 1.78. The maximum Gasteiger partial charge on any atom is 0.433 e. The Labute approximate surface area is 191 Å². The van der Waals surface area contributed by atoms with Gasteiger partial charge in [-0.1, -0.05) is 18.2 Å². The van der Waals surface area contributed by atoms with Gasteiger partial charge in [0.05, 0.1) is 22.9 Å². The van der Waals surface area contributed by atoms with Gasteiger partial charge in [-0.3, -0.25) is 18.7 Å². The molecule has 1 atom stereocenters. The third-order valence-corrected chi connectivity index (χ3v) is 7.40. The van der Waals surface area contributed by atoms with Crippen LogP contribution in [-0.4, -0.2) is 46.0 Å². The van der Waals surface area contributed by atoms with E-state index in [4.69, 9.17) is 0 Å². The summed E-state index contributed by atoms with van der Waals surface area (Å²) in [4.78, 5) is 43.7. The molecule has 3 aromatic rings. The van der Waals surface area contributed by atoms with Gasteiger partial charge in [0.1, 0.15) is 17.9 Å². The highest BCUT2D eigenvalue weighted by Crippen LogP contribution is 2.28. The van der Waals surface area contributed by atoms with Crippen LogP contribution < -0.4 is 16.1 Å². The van der Waals surface area contributed by atoms with Crippen molar-refractivity contribution in [1.29, 1.82) is 0 Å². The van der Waals surface area contributed by atoms with Crippen molar-refractivity contribution in [3.05, 3.63) is 69.0 Å². The minimum Gasteiger partial charge on any atom is -0.307 e. The van der Waals surface area contributed by atoms with Crippen LogP contribution in [0.25, 0.3) is 11.0 Å². The van der Waals surface area contributed by atoms with Crippen LogP contribution in [0.4, 0.5) is 18.9 Å². The number of anilines is 1. The zero-order valence-electron chi connectivity index (χ0n) is 17.8. The summed E-state index contributed by atoms with van der Waals surface area (Å²) in [6, 6.07) is 9.08. The molecule has 4 rings (SSSR count). The molecule has 0 radical (unpaired) electrons. The van der Waals surface area contributed by atoms with Gasteiger partial charge in [0.15, 0.2) is 9.84 Å². The van der Waals surface area contributed by atoms with E-state index in [0.717, 1.165) is 17.7 Å². The van der Waals surface area contributed by atoms with E-state index in [-0.39, 0.29) is 23.3 Å². The molecule has 1 unspecified atom stereocenters. The Morgan fingerprint density at radius 3 is 2.41 bits per heavy atom. The first-order valence-corrected chi connectivity index (χ1v) is 12.0. The summed E-state index contributed by atoms with van der Waals surface area (Å²) < 4.78 is 64.5. The number of hydrogen-bond acceptors (Lipinski definition) is 6. The largest absolute Gasteiger partial charge is 0.433 e. The zero-order chi connectivity index (χ0) is 24.8. The highest BCUT2D eigenvalue weighted by molar-refractivity contribution is 7.91. The van der Waals surface area contributed by atoms with E-state index in [0.29, 0.717) is 16.3 Å². The van der Waals surface area contributed by atoms with E-state index in [1.807, 2.05) is 0 Å². The number of pyridine rings is 1. The second-order valence-electron chi connectivity index (χ2n) is 7.95. The predicted octanol–water partition coefficient (Wildman–Crippen LogP) is 1.33. The predicted molar refractivity (Wildman–Crippen MR) is 117 cm³/mol. The number of carbonyl (C=O) groups is 1. The number of carbonyl (C=O) groups excluding carboxylic acids is 1. The van der Waals surface area contributed by atoms with Crippen LogP contribution in [0.15, 0.2) is 52.1 Å². The Bertz CT molecular complexity index is 1500. The Morgan fingerprint density at radius 1 is 1.15 bits per heavy atom. The summed E-state index contributed by atoms with van der Waals surface area (Å²) in [5, 5.41) is -0.266. The highest BCUT2D eigenvalue weighted by atomic mass is 32.2. The van der Waals surface area contributed by atoms with Crippen LogP contribution >= 0.6 is 0 Å². The minimum absolute atomic E-state index is 0.0980. The van der Waals surface area contributed by atoms with Crippen molar-refractivity contribution in [2.45, 2.75) is 25.2 Å². The van der Waals surface area contributed by atoms with Crippen molar-refractivity contribution in [3.63, 3.8) is 0 Å². The molecule has 1 aromatic carbocycles. The summed E-state index contributed by atoms with van der Waals surface area (Å²) in [5.41, 5.74) is -3.32. The van der Waals surface area contributed by atoms with Gasteiger partial charge in [0.2, 0.25) is 5.91 Å². The number of fused-ring (bicyclic) bond motifs is 1. The molecule has 9 nitrogen and oxygen atoms in total. The monoisotopic (exact) mass is 496 g/mol. The smallest absolute Gasteiger partial charge is 0.307 e. The van der Waals surface area contributed by atoms with Gasteiger partial charge >= 0.3 is 11.9 Å². The zero-order valence-corrected chi connectivity index (χ0v) is 18.6. The van der Waals surface area contributed by atoms with Gasteiger partial charge < -0.3 is 4.90 Å². The van der Waals surface area contributed by atoms with Crippen molar-refractivity contribution >= 4 is 32.5 Å². The molecule has 1 aliphatic heterocycles. The van der Waals surface area contributed by atoms with Gasteiger partial charge in [0, 0.05) is 12.7 Å². The second kappa shape index (κ2) is 8.38. The van der Waals surface area contributed by atoms with Gasteiger partial charge in [-0.25, -0.2) is 18.2 Å². The van der Waals surface area contributed by atoms with Crippen LogP contribution in [0.3, 0.4) is 0 Å². The molecule has 180 valence electrons. The number of nitrogens with zero attached hydrogens (tertiary/aromatic N) is 4. The summed E-state index contributed by atoms with van der Waals surface area (Å²) in [7, 11) is -2.20. The van der Waals surface area contributed by atoms with E-state index >= 15 is 0 Å². The number of halogens is 3. The molecule has 13 heteroatoms. The quantitative estimate of drug-likeness (QED) is 0.539. The number of sulfone groups is 1. The van der Waals surface area contributed by atoms with Gasteiger partial charge in [0.25, 0.3) is 5.56 Å². The average Bonchev–Trinajstić information content (AvgIpc) is 3.14. The highest BCUT2D eigenvalue weighted by Gasteiger charge is 2.36. The molecular formula is C21H19F3N4O5S. The lowest BCUT2D eigenvalue weighted by atomic mass is 10.1. The standard InChI is InChI=1S/C21H19F3N4O5S/c1-26-18-15(7-8-16(25-18)21(22,23)24)19(30)27(20(26)31)11-17(29)28(13-5-3-2-4-6-13)14-9-10-34(32,33)12-14/h2-8,14H,9-12H2,1H3. The summed E-state index contributed by atoms with van der Waals surface area (Å²) in [6.07, 6.45) is -4.58.